The number of amides is 1. The van der Waals surface area contributed by atoms with Gasteiger partial charge in [0.2, 0.25) is 0 Å². The molecule has 9 nitrogen and oxygen atoms in total. The third-order valence-electron chi connectivity index (χ3n) is 2.79. The Morgan fingerprint density at radius 1 is 0.920 bits per heavy atom. The van der Waals surface area contributed by atoms with Crippen molar-refractivity contribution in [2.24, 2.45) is 5.92 Å². The number of nitrogens with one attached hydrogen (secondary N) is 1. The number of rotatable bonds is 8. The molecule has 0 spiro atoms. The van der Waals surface area contributed by atoms with Crippen molar-refractivity contribution in [2.45, 2.75) is 52.7 Å². The van der Waals surface area contributed by atoms with E-state index in [1.54, 1.807) is 34.6 Å². The highest BCUT2D eigenvalue weighted by atomic mass is 16.6. The van der Waals surface area contributed by atoms with Gasteiger partial charge < -0.3 is 24.3 Å². The van der Waals surface area contributed by atoms with Crippen LogP contribution in [0.4, 0.5) is 4.79 Å². The highest BCUT2D eigenvalue weighted by Gasteiger charge is 2.36. The molecule has 0 aromatic carbocycles. The van der Waals surface area contributed by atoms with Gasteiger partial charge in [-0.1, -0.05) is 0 Å². The van der Waals surface area contributed by atoms with Crippen LogP contribution in [0.1, 0.15) is 41.0 Å². The number of hydrogen-bond donors (Lipinski definition) is 1. The third kappa shape index (κ3) is 8.92. The third-order valence-corrected chi connectivity index (χ3v) is 2.79. The maximum absolute atomic E-state index is 12.0. The minimum atomic E-state index is -1.38. The van der Waals surface area contributed by atoms with E-state index in [1.165, 1.54) is 0 Å². The van der Waals surface area contributed by atoms with Crippen LogP contribution in [-0.2, 0) is 33.3 Å². The largest absolute Gasteiger partial charge is 0.467 e. The summed E-state index contributed by atoms with van der Waals surface area (Å²) in [5.41, 5.74) is -0.785. The summed E-state index contributed by atoms with van der Waals surface area (Å²) in [7, 11) is 1.12. The number of alkyl carbamates (subject to hydrolysis) is 1. The Kier molecular flexibility index (Phi) is 9.55. The number of ether oxygens (including phenoxy) is 4. The van der Waals surface area contributed by atoms with E-state index in [9.17, 15) is 19.2 Å². The summed E-state index contributed by atoms with van der Waals surface area (Å²) in [4.78, 5) is 47.8. The van der Waals surface area contributed by atoms with Crippen molar-refractivity contribution in [3.63, 3.8) is 0 Å². The molecule has 0 saturated carbocycles. The molecule has 0 saturated heterocycles. The highest BCUT2D eigenvalue weighted by molar-refractivity contribution is 5.96. The van der Waals surface area contributed by atoms with Gasteiger partial charge in [-0.2, -0.15) is 0 Å². The number of hydrogen-bond acceptors (Lipinski definition) is 8. The fourth-order valence-electron chi connectivity index (χ4n) is 1.82. The minimum Gasteiger partial charge on any atom is -0.467 e. The summed E-state index contributed by atoms with van der Waals surface area (Å²) < 4.78 is 19.4. The Morgan fingerprint density at radius 3 is 1.76 bits per heavy atom. The predicted octanol–water partition coefficient (Wildman–Crippen LogP) is 1.19. The van der Waals surface area contributed by atoms with Crippen molar-refractivity contribution in [3.8, 4) is 0 Å². The Labute approximate surface area is 147 Å². The van der Waals surface area contributed by atoms with Crippen LogP contribution in [0.15, 0.2) is 0 Å². The molecule has 0 aromatic heterocycles. The fraction of sp³-hybridized carbons (Fsp3) is 0.750. The van der Waals surface area contributed by atoms with Crippen LogP contribution in [0, 0.1) is 5.92 Å². The Bertz CT molecular complexity index is 465. The number of esters is 3. The molecule has 0 rings (SSSR count). The molecule has 1 amide bonds. The number of carbonyl (C=O) groups excluding carboxylic acids is 4. The predicted molar refractivity (Wildman–Crippen MR) is 86.5 cm³/mol. The molecule has 0 unspecified atom stereocenters. The average Bonchev–Trinajstić information content (AvgIpc) is 2.48. The maximum Gasteiger partial charge on any atom is 0.408 e. The molecule has 0 aliphatic heterocycles. The maximum atomic E-state index is 12.0. The molecular weight excluding hydrogens is 334 g/mol. The molecule has 0 aromatic rings. The molecule has 0 aliphatic carbocycles. The Morgan fingerprint density at radius 2 is 1.40 bits per heavy atom. The van der Waals surface area contributed by atoms with E-state index in [0.717, 1.165) is 7.11 Å². The normalized spacial score (nSPS) is 12.1. The molecule has 0 fully saturated rings. The first-order chi connectivity index (χ1) is 11.6. The molecule has 0 aliphatic rings. The Balaban J connectivity index is 5.27. The van der Waals surface area contributed by atoms with Gasteiger partial charge in [-0.25, -0.2) is 9.59 Å². The summed E-state index contributed by atoms with van der Waals surface area (Å²) in [6.45, 7) is 8.22. The zero-order valence-electron chi connectivity index (χ0n) is 15.5. The standard InChI is InChI=1S/C16H27NO8/c1-7-23-12(18)10(13(19)24-8-2)9-11(14(20)22-6)17-15(21)25-16(3,4)5/h10-11H,7-9H2,1-6H3,(H,17,21)/t11-/m0/s1. The van der Waals surface area contributed by atoms with E-state index in [0.29, 0.717) is 0 Å². The van der Waals surface area contributed by atoms with Crippen LogP contribution in [0.25, 0.3) is 0 Å². The lowest BCUT2D eigenvalue weighted by Gasteiger charge is -2.24. The summed E-state index contributed by atoms with van der Waals surface area (Å²) >= 11 is 0. The quantitative estimate of drug-likeness (QED) is 0.389. The molecule has 0 heterocycles. The molecule has 1 atom stereocenters. The van der Waals surface area contributed by atoms with E-state index >= 15 is 0 Å². The summed E-state index contributed by atoms with van der Waals surface area (Å²) in [5, 5.41) is 2.30. The van der Waals surface area contributed by atoms with Gasteiger partial charge in [0, 0.05) is 6.42 Å². The van der Waals surface area contributed by atoms with E-state index < -0.39 is 41.6 Å². The van der Waals surface area contributed by atoms with Gasteiger partial charge in [0.25, 0.3) is 0 Å². The van der Waals surface area contributed by atoms with E-state index in [-0.39, 0.29) is 19.6 Å². The van der Waals surface area contributed by atoms with Gasteiger partial charge in [0.05, 0.1) is 20.3 Å². The van der Waals surface area contributed by atoms with Crippen molar-refractivity contribution in [1.82, 2.24) is 5.32 Å². The summed E-state index contributed by atoms with van der Waals surface area (Å²) in [6, 6.07) is -1.28. The van der Waals surface area contributed by atoms with Gasteiger partial charge in [0.15, 0.2) is 5.92 Å². The topological polar surface area (TPSA) is 117 Å². The molecule has 1 N–H and O–H groups in total. The van der Waals surface area contributed by atoms with E-state index in [4.69, 9.17) is 14.2 Å². The fourth-order valence-corrected chi connectivity index (χ4v) is 1.82. The van der Waals surface area contributed by atoms with E-state index in [1.807, 2.05) is 0 Å². The lowest BCUT2D eigenvalue weighted by Crippen LogP contribution is -2.47. The number of methoxy groups -OCH3 is 1. The van der Waals surface area contributed by atoms with Gasteiger partial charge >= 0.3 is 24.0 Å². The summed E-state index contributed by atoms with van der Waals surface area (Å²) in [6.07, 6.45) is -1.25. The molecule has 9 heteroatoms. The van der Waals surface area contributed by atoms with Crippen LogP contribution >= 0.6 is 0 Å². The summed E-state index contributed by atoms with van der Waals surface area (Å²) in [5.74, 6) is -3.90. The first-order valence-electron chi connectivity index (χ1n) is 7.96. The zero-order chi connectivity index (χ0) is 19.6. The van der Waals surface area contributed by atoms with Crippen molar-refractivity contribution in [1.29, 1.82) is 0 Å². The lowest BCUT2D eigenvalue weighted by molar-refractivity contribution is -0.162. The molecule has 0 radical (unpaired) electrons. The van der Waals surface area contributed by atoms with Crippen LogP contribution in [-0.4, -0.2) is 56.0 Å². The highest BCUT2D eigenvalue weighted by Crippen LogP contribution is 2.14. The molecule has 144 valence electrons. The Hall–Kier alpha value is -2.32. The lowest BCUT2D eigenvalue weighted by atomic mass is 10.00. The average molecular weight is 361 g/mol. The van der Waals surface area contributed by atoms with Crippen molar-refractivity contribution < 1.29 is 38.1 Å². The zero-order valence-corrected chi connectivity index (χ0v) is 15.5. The molecule has 0 bridgehead atoms. The van der Waals surface area contributed by atoms with Crippen LogP contribution in [0.3, 0.4) is 0 Å². The SMILES string of the molecule is CCOC(=O)C(C[C@H](NC(=O)OC(C)(C)C)C(=O)OC)C(=O)OCC. The van der Waals surface area contributed by atoms with Crippen LogP contribution in [0.5, 0.6) is 0 Å². The first-order valence-corrected chi connectivity index (χ1v) is 7.96. The van der Waals surface area contributed by atoms with Gasteiger partial charge in [0.1, 0.15) is 11.6 Å². The second-order valence-corrected chi connectivity index (χ2v) is 6.01. The van der Waals surface area contributed by atoms with Crippen LogP contribution < -0.4 is 5.32 Å². The molecular formula is C16H27NO8. The monoisotopic (exact) mass is 361 g/mol. The van der Waals surface area contributed by atoms with Gasteiger partial charge in [-0.05, 0) is 34.6 Å². The van der Waals surface area contributed by atoms with Crippen molar-refractivity contribution in [3.05, 3.63) is 0 Å². The second kappa shape index (κ2) is 10.5. The van der Waals surface area contributed by atoms with E-state index in [2.05, 4.69) is 10.1 Å². The first kappa shape index (κ1) is 22.7. The minimum absolute atomic E-state index is 0.0527. The van der Waals surface area contributed by atoms with Crippen molar-refractivity contribution >= 4 is 24.0 Å². The smallest absolute Gasteiger partial charge is 0.408 e. The van der Waals surface area contributed by atoms with Crippen LogP contribution in [0.2, 0.25) is 0 Å². The molecule has 25 heavy (non-hydrogen) atoms. The number of carbonyl (C=O) groups is 4. The van der Waals surface area contributed by atoms with Gasteiger partial charge in [-0.15, -0.1) is 0 Å². The van der Waals surface area contributed by atoms with Gasteiger partial charge in [-0.3, -0.25) is 9.59 Å². The second-order valence-electron chi connectivity index (χ2n) is 6.01. The van der Waals surface area contributed by atoms with Crippen molar-refractivity contribution in [2.75, 3.05) is 20.3 Å².